The first-order valence-corrected chi connectivity index (χ1v) is 7.73. The number of nitrogens with zero attached hydrogens (tertiary/aromatic N) is 2. The van der Waals surface area contributed by atoms with Crippen LogP contribution in [0.1, 0.15) is 32.8 Å². The predicted molar refractivity (Wildman–Crippen MR) is 83.7 cm³/mol. The van der Waals surface area contributed by atoms with Gasteiger partial charge in [0.2, 0.25) is 5.60 Å². The average molecular weight is 302 g/mol. The minimum absolute atomic E-state index is 0.0100. The first-order valence-electron chi connectivity index (χ1n) is 7.73. The summed E-state index contributed by atoms with van der Waals surface area (Å²) >= 11 is 0. The maximum atomic E-state index is 12.9. The topological polar surface area (TPSA) is 51.1 Å². The highest BCUT2D eigenvalue weighted by Crippen LogP contribution is 2.29. The second-order valence-electron chi connectivity index (χ2n) is 6.37. The van der Waals surface area contributed by atoms with Gasteiger partial charge in [-0.25, -0.2) is 0 Å². The van der Waals surface area contributed by atoms with Gasteiger partial charge in [-0.1, -0.05) is 35.5 Å². The molecule has 1 aromatic rings. The Kier molecular flexibility index (Phi) is 3.91. The Morgan fingerprint density at radius 2 is 1.86 bits per heavy atom. The molecule has 3 rings (SSSR count). The van der Waals surface area contributed by atoms with Crippen LogP contribution in [0.25, 0.3) is 0 Å². The van der Waals surface area contributed by atoms with Crippen molar-refractivity contribution in [2.24, 2.45) is 5.16 Å². The molecule has 22 heavy (non-hydrogen) atoms. The molecule has 3 atom stereocenters. The Morgan fingerprint density at radius 3 is 2.50 bits per heavy atom. The maximum absolute atomic E-state index is 12.9. The van der Waals surface area contributed by atoms with Gasteiger partial charge in [-0.2, -0.15) is 0 Å². The van der Waals surface area contributed by atoms with Gasteiger partial charge in [0.15, 0.2) is 0 Å². The summed E-state index contributed by atoms with van der Waals surface area (Å²) in [5, 5.41) is 4.15. The molecule has 5 nitrogen and oxygen atoms in total. The molecule has 0 aliphatic carbocycles. The number of hydrogen-bond acceptors (Lipinski definition) is 4. The van der Waals surface area contributed by atoms with E-state index in [9.17, 15) is 4.79 Å². The van der Waals surface area contributed by atoms with Crippen LogP contribution in [0.3, 0.4) is 0 Å². The van der Waals surface area contributed by atoms with Gasteiger partial charge in [0.05, 0.1) is 17.9 Å². The van der Waals surface area contributed by atoms with Crippen LogP contribution in [0, 0.1) is 0 Å². The summed E-state index contributed by atoms with van der Waals surface area (Å²) in [7, 11) is 0. The summed E-state index contributed by atoms with van der Waals surface area (Å²) in [6, 6.07) is 9.84. The second-order valence-corrected chi connectivity index (χ2v) is 6.37. The molecular weight excluding hydrogens is 280 g/mol. The fourth-order valence-corrected chi connectivity index (χ4v) is 3.12. The summed E-state index contributed by atoms with van der Waals surface area (Å²) in [5.74, 6) is -0.0100. The van der Waals surface area contributed by atoms with E-state index in [1.54, 1.807) is 0 Å². The molecule has 0 unspecified atom stereocenters. The molecule has 1 aromatic carbocycles. The molecule has 118 valence electrons. The van der Waals surface area contributed by atoms with Crippen LogP contribution in [0.2, 0.25) is 0 Å². The Hall–Kier alpha value is -1.88. The van der Waals surface area contributed by atoms with E-state index in [-0.39, 0.29) is 18.1 Å². The monoisotopic (exact) mass is 302 g/mol. The first-order chi connectivity index (χ1) is 10.5. The highest BCUT2D eigenvalue weighted by Gasteiger charge is 2.45. The number of amides is 1. The smallest absolute Gasteiger partial charge is 0.269 e. The molecule has 0 radical (unpaired) electrons. The van der Waals surface area contributed by atoms with Gasteiger partial charge >= 0.3 is 0 Å². The van der Waals surface area contributed by atoms with E-state index in [1.807, 2.05) is 56.0 Å². The minimum Gasteiger partial charge on any atom is -0.379 e. The molecule has 2 aliphatic heterocycles. The van der Waals surface area contributed by atoms with Crippen LogP contribution in [0.5, 0.6) is 0 Å². The lowest BCUT2D eigenvalue weighted by Crippen LogP contribution is -2.55. The van der Waals surface area contributed by atoms with Crippen LogP contribution < -0.4 is 0 Å². The third kappa shape index (κ3) is 2.86. The van der Waals surface area contributed by atoms with E-state index >= 15 is 0 Å². The molecule has 0 N–H and O–H groups in total. The maximum Gasteiger partial charge on any atom is 0.269 e. The van der Waals surface area contributed by atoms with Gasteiger partial charge in [0, 0.05) is 19.5 Å². The number of carbonyl (C=O) groups is 1. The van der Waals surface area contributed by atoms with Crippen molar-refractivity contribution >= 4 is 11.6 Å². The highest BCUT2D eigenvalue weighted by molar-refractivity contribution is 6.05. The second kappa shape index (κ2) is 5.72. The zero-order valence-electron chi connectivity index (χ0n) is 13.3. The molecule has 2 heterocycles. The summed E-state index contributed by atoms with van der Waals surface area (Å²) in [4.78, 5) is 20.2. The Balaban J connectivity index is 1.71. The molecule has 0 spiro atoms. The third-order valence-corrected chi connectivity index (χ3v) is 4.13. The molecule has 2 aliphatic rings. The molecule has 1 amide bonds. The summed E-state index contributed by atoms with van der Waals surface area (Å²) in [6.45, 7) is 6.99. The Bertz CT molecular complexity index is 577. The highest BCUT2D eigenvalue weighted by atomic mass is 16.7. The third-order valence-electron chi connectivity index (χ3n) is 4.13. The van der Waals surface area contributed by atoms with E-state index < -0.39 is 5.60 Å². The van der Waals surface area contributed by atoms with Crippen molar-refractivity contribution in [3.8, 4) is 0 Å². The summed E-state index contributed by atoms with van der Waals surface area (Å²) in [6.07, 6.45) is 0.593. The van der Waals surface area contributed by atoms with E-state index in [0.717, 1.165) is 11.3 Å². The normalized spacial score (nSPS) is 31.6. The van der Waals surface area contributed by atoms with Gasteiger partial charge in [-0.05, 0) is 26.3 Å². The van der Waals surface area contributed by atoms with Crippen LogP contribution in [-0.2, 0) is 14.4 Å². The van der Waals surface area contributed by atoms with Crippen molar-refractivity contribution in [2.45, 2.75) is 45.0 Å². The van der Waals surface area contributed by atoms with Crippen LogP contribution >= 0.6 is 0 Å². The lowest BCUT2D eigenvalue weighted by atomic mass is 9.94. The molecule has 1 fully saturated rings. The van der Waals surface area contributed by atoms with Crippen molar-refractivity contribution in [3.05, 3.63) is 35.9 Å². The number of ether oxygens (including phenoxy) is 1. The van der Waals surface area contributed by atoms with Crippen LogP contribution in [0.4, 0.5) is 0 Å². The minimum atomic E-state index is -0.915. The number of benzene rings is 1. The van der Waals surface area contributed by atoms with Crippen LogP contribution in [-0.4, -0.2) is 47.4 Å². The van der Waals surface area contributed by atoms with Gasteiger partial charge in [-0.15, -0.1) is 0 Å². The van der Waals surface area contributed by atoms with Gasteiger partial charge < -0.3 is 14.5 Å². The Morgan fingerprint density at radius 1 is 1.23 bits per heavy atom. The van der Waals surface area contributed by atoms with Crippen molar-refractivity contribution in [2.75, 3.05) is 13.1 Å². The van der Waals surface area contributed by atoms with E-state index in [2.05, 4.69) is 5.16 Å². The standard InChI is InChI=1S/C17H22N2O3/c1-12-10-19(11-13(2)21-12)16(20)17(3)9-15(18-22-17)14-7-5-4-6-8-14/h4-8,12-13H,9-11H2,1-3H3/t12-,13-,17+/m1/s1. The molecule has 5 heteroatoms. The summed E-state index contributed by atoms with van der Waals surface area (Å²) < 4.78 is 5.69. The number of rotatable bonds is 2. The molecule has 1 saturated heterocycles. The van der Waals surface area contributed by atoms with Gasteiger partial charge in [0.25, 0.3) is 5.91 Å². The van der Waals surface area contributed by atoms with Crippen molar-refractivity contribution < 1.29 is 14.4 Å². The molecular formula is C17H22N2O3. The number of hydrogen-bond donors (Lipinski definition) is 0. The average Bonchev–Trinajstić information content (AvgIpc) is 2.90. The van der Waals surface area contributed by atoms with E-state index in [0.29, 0.717) is 19.5 Å². The van der Waals surface area contributed by atoms with E-state index in [1.165, 1.54) is 0 Å². The lowest BCUT2D eigenvalue weighted by Gasteiger charge is -2.38. The van der Waals surface area contributed by atoms with Crippen molar-refractivity contribution in [3.63, 3.8) is 0 Å². The molecule has 0 bridgehead atoms. The molecule has 0 saturated carbocycles. The zero-order chi connectivity index (χ0) is 15.7. The first kappa shape index (κ1) is 15.0. The number of oxime groups is 1. The SMILES string of the molecule is C[C@@H]1CN(C(=O)[C@]2(C)CC(c3ccccc3)=NO2)C[C@@H](C)O1. The predicted octanol–water partition coefficient (Wildman–Crippen LogP) is 2.21. The van der Waals surface area contributed by atoms with E-state index in [4.69, 9.17) is 9.57 Å². The summed E-state index contributed by atoms with van der Waals surface area (Å²) in [5.41, 5.74) is 0.913. The van der Waals surface area contributed by atoms with Gasteiger partial charge in [-0.3, -0.25) is 4.79 Å². The number of carbonyl (C=O) groups excluding carboxylic acids is 1. The van der Waals surface area contributed by atoms with Crippen LogP contribution in [0.15, 0.2) is 35.5 Å². The lowest BCUT2D eigenvalue weighted by molar-refractivity contribution is -0.164. The van der Waals surface area contributed by atoms with Crippen molar-refractivity contribution in [1.29, 1.82) is 0 Å². The zero-order valence-corrected chi connectivity index (χ0v) is 13.3. The van der Waals surface area contributed by atoms with Crippen molar-refractivity contribution in [1.82, 2.24) is 4.90 Å². The fraction of sp³-hybridized carbons (Fsp3) is 0.529. The number of morpholine rings is 1. The largest absolute Gasteiger partial charge is 0.379 e. The Labute approximate surface area is 130 Å². The quantitative estimate of drug-likeness (QED) is 0.841. The fourth-order valence-electron chi connectivity index (χ4n) is 3.12. The molecule has 0 aromatic heterocycles. The van der Waals surface area contributed by atoms with Gasteiger partial charge in [0.1, 0.15) is 0 Å².